The Balaban J connectivity index is 1.38. The van der Waals surface area contributed by atoms with Crippen LogP contribution in [0.15, 0.2) is 36.9 Å². The number of carbonyl (C=O) groups excluding carboxylic acids is 2. The largest absolute Gasteiger partial charge is 0.388 e. The number of primary amides is 1. The number of amides is 2. The van der Waals surface area contributed by atoms with E-state index in [1.54, 1.807) is 4.68 Å². The minimum Gasteiger partial charge on any atom is -0.388 e. The maximum Gasteiger partial charge on any atom is 0.254 e. The van der Waals surface area contributed by atoms with Crippen LogP contribution in [0.1, 0.15) is 66.6 Å². The molecular weight excluding hydrogens is 418 g/mol. The highest BCUT2D eigenvalue weighted by Gasteiger charge is 2.49. The van der Waals surface area contributed by atoms with Gasteiger partial charge in [-0.1, -0.05) is 30.8 Å². The Morgan fingerprint density at radius 1 is 1.24 bits per heavy atom. The van der Waals surface area contributed by atoms with E-state index in [0.717, 1.165) is 62.7 Å². The first kappa shape index (κ1) is 21.7. The van der Waals surface area contributed by atoms with Crippen LogP contribution in [-0.4, -0.2) is 44.7 Å². The van der Waals surface area contributed by atoms with E-state index in [9.17, 15) is 14.7 Å². The Bertz CT molecular complexity index is 1100. The van der Waals surface area contributed by atoms with Gasteiger partial charge in [0.2, 0.25) is 5.91 Å². The molecule has 0 bridgehead atoms. The van der Waals surface area contributed by atoms with Crippen molar-refractivity contribution in [3.63, 3.8) is 0 Å². The van der Waals surface area contributed by atoms with Crippen molar-refractivity contribution in [3.8, 4) is 11.3 Å². The number of likely N-dealkylation sites (tertiary alicyclic amines) is 1. The Morgan fingerprint density at radius 2 is 1.94 bits per heavy atom. The molecule has 1 saturated heterocycles. The number of aromatic nitrogens is 2. The molecule has 2 heterocycles. The summed E-state index contributed by atoms with van der Waals surface area (Å²) in [4.78, 5) is 26.2. The fourth-order valence-electron chi connectivity index (χ4n) is 5.66. The average Bonchev–Trinajstić information content (AvgIpc) is 3.59. The van der Waals surface area contributed by atoms with Gasteiger partial charge in [0.15, 0.2) is 0 Å². The monoisotopic (exact) mass is 449 g/mol. The summed E-state index contributed by atoms with van der Waals surface area (Å²) in [5, 5.41) is 15.1. The van der Waals surface area contributed by atoms with Crippen molar-refractivity contribution in [2.24, 2.45) is 17.1 Å². The predicted molar refractivity (Wildman–Crippen MR) is 125 cm³/mol. The van der Waals surface area contributed by atoms with Gasteiger partial charge in [-0.3, -0.25) is 9.59 Å². The third-order valence-electron chi connectivity index (χ3n) is 7.62. The number of hydrogen-bond acceptors (Lipinski definition) is 5. The van der Waals surface area contributed by atoms with Crippen LogP contribution in [0.2, 0.25) is 0 Å². The third-order valence-corrected chi connectivity index (χ3v) is 7.62. The Morgan fingerprint density at radius 3 is 2.55 bits per heavy atom. The molecule has 0 radical (unpaired) electrons. The molecule has 2 aromatic rings. The van der Waals surface area contributed by atoms with E-state index in [1.165, 1.54) is 6.08 Å². The van der Waals surface area contributed by atoms with Gasteiger partial charge in [0.05, 0.1) is 12.1 Å². The van der Waals surface area contributed by atoms with E-state index in [4.69, 9.17) is 16.6 Å². The fourth-order valence-corrected chi connectivity index (χ4v) is 5.66. The summed E-state index contributed by atoms with van der Waals surface area (Å²) in [5.41, 5.74) is 14.4. The van der Waals surface area contributed by atoms with Crippen molar-refractivity contribution in [1.29, 1.82) is 0 Å². The second-order valence-corrected chi connectivity index (χ2v) is 9.95. The lowest BCUT2D eigenvalue weighted by Crippen LogP contribution is -2.52. The molecule has 1 aliphatic heterocycles. The molecule has 2 amide bonds. The van der Waals surface area contributed by atoms with Crippen LogP contribution in [0, 0.1) is 11.3 Å². The van der Waals surface area contributed by atoms with Gasteiger partial charge in [-0.25, -0.2) is 4.68 Å². The molecule has 33 heavy (non-hydrogen) atoms. The van der Waals surface area contributed by atoms with Crippen molar-refractivity contribution >= 4 is 17.6 Å². The molecule has 3 fully saturated rings. The van der Waals surface area contributed by atoms with E-state index in [0.29, 0.717) is 11.6 Å². The van der Waals surface area contributed by atoms with Crippen molar-refractivity contribution in [2.75, 3.05) is 18.8 Å². The molecule has 8 nitrogen and oxygen atoms in total. The number of hydrogen-bond donors (Lipinski definition) is 3. The number of aliphatic hydroxyl groups is 1. The van der Waals surface area contributed by atoms with Gasteiger partial charge in [-0.2, -0.15) is 5.10 Å². The summed E-state index contributed by atoms with van der Waals surface area (Å²) in [6.45, 7) is 5.09. The number of carbonyl (C=O) groups is 2. The van der Waals surface area contributed by atoms with Crippen LogP contribution in [-0.2, 0) is 4.79 Å². The SMILES string of the molecule is C=CC(=O)N1CCCC2(CC(n3nc(-c4ccc(C(O)C5CC5)cc4)c(C(N)=O)c3N)C2)C1. The first-order valence-corrected chi connectivity index (χ1v) is 11.7. The average molecular weight is 450 g/mol. The predicted octanol–water partition coefficient (Wildman–Crippen LogP) is 2.80. The number of aliphatic hydroxyl groups excluding tert-OH is 1. The number of piperidine rings is 1. The highest BCUT2D eigenvalue weighted by atomic mass is 16.3. The lowest BCUT2D eigenvalue weighted by molar-refractivity contribution is -0.132. The number of anilines is 1. The number of nitrogens with zero attached hydrogens (tertiary/aromatic N) is 3. The summed E-state index contributed by atoms with van der Waals surface area (Å²) in [7, 11) is 0. The second-order valence-electron chi connectivity index (χ2n) is 9.95. The first-order valence-electron chi connectivity index (χ1n) is 11.7. The summed E-state index contributed by atoms with van der Waals surface area (Å²) >= 11 is 0. The number of benzene rings is 1. The fraction of sp³-hybridized carbons (Fsp3) is 0.480. The highest BCUT2D eigenvalue weighted by Crippen LogP contribution is 2.54. The minimum absolute atomic E-state index is 0.0234. The number of nitrogen functional groups attached to an aromatic ring is 1. The molecule has 5 rings (SSSR count). The van der Waals surface area contributed by atoms with E-state index in [-0.39, 0.29) is 28.7 Å². The maximum atomic E-state index is 12.3. The molecule has 1 spiro atoms. The molecule has 8 heteroatoms. The van der Waals surface area contributed by atoms with Crippen molar-refractivity contribution in [2.45, 2.75) is 50.7 Å². The van der Waals surface area contributed by atoms with Gasteiger partial charge < -0.3 is 21.5 Å². The Hall–Kier alpha value is -3.13. The molecule has 1 aromatic heterocycles. The first-order chi connectivity index (χ1) is 15.8. The zero-order valence-corrected chi connectivity index (χ0v) is 18.7. The standard InChI is InChI=1S/C25H31N5O3/c1-2-19(31)29-11-3-10-25(14-29)12-18(13-25)30-23(26)20(24(27)33)21(28-30)15-4-6-16(7-5-15)22(32)17-8-9-17/h2,4-7,17-18,22,32H,1,3,8-14,26H2,(H2,27,33). The van der Waals surface area contributed by atoms with Crippen LogP contribution < -0.4 is 11.5 Å². The summed E-state index contributed by atoms with van der Waals surface area (Å²) < 4.78 is 1.74. The lowest BCUT2D eigenvalue weighted by atomic mass is 9.61. The molecule has 2 aliphatic carbocycles. The third kappa shape index (κ3) is 3.82. The maximum absolute atomic E-state index is 12.3. The molecule has 1 unspecified atom stereocenters. The molecule has 1 atom stereocenters. The summed E-state index contributed by atoms with van der Waals surface area (Å²) in [5.74, 6) is -0.000407. The van der Waals surface area contributed by atoms with Gasteiger partial charge in [0, 0.05) is 18.7 Å². The minimum atomic E-state index is -0.606. The molecular formula is C25H31N5O3. The number of rotatable bonds is 6. The zero-order chi connectivity index (χ0) is 23.3. The Labute approximate surface area is 193 Å². The molecule has 2 saturated carbocycles. The molecule has 3 aliphatic rings. The van der Waals surface area contributed by atoms with E-state index < -0.39 is 12.0 Å². The normalized spacial score (nSPS) is 25.5. The van der Waals surface area contributed by atoms with Crippen molar-refractivity contribution in [1.82, 2.24) is 14.7 Å². The van der Waals surface area contributed by atoms with Gasteiger partial charge in [0.1, 0.15) is 17.1 Å². The summed E-state index contributed by atoms with van der Waals surface area (Å²) in [6, 6.07) is 7.54. The van der Waals surface area contributed by atoms with E-state index >= 15 is 0 Å². The zero-order valence-electron chi connectivity index (χ0n) is 18.7. The van der Waals surface area contributed by atoms with E-state index in [1.807, 2.05) is 29.2 Å². The van der Waals surface area contributed by atoms with Gasteiger partial charge in [-0.05, 0) is 61.5 Å². The van der Waals surface area contributed by atoms with Crippen LogP contribution in [0.5, 0.6) is 0 Å². The molecule has 1 aromatic carbocycles. The van der Waals surface area contributed by atoms with Crippen LogP contribution in [0.3, 0.4) is 0 Å². The Kier molecular flexibility index (Phi) is 5.28. The smallest absolute Gasteiger partial charge is 0.254 e. The highest BCUT2D eigenvalue weighted by molar-refractivity contribution is 6.03. The van der Waals surface area contributed by atoms with Crippen LogP contribution >= 0.6 is 0 Å². The van der Waals surface area contributed by atoms with Crippen molar-refractivity contribution < 1.29 is 14.7 Å². The molecule has 174 valence electrons. The molecule has 5 N–H and O–H groups in total. The van der Waals surface area contributed by atoms with Crippen LogP contribution in [0.4, 0.5) is 5.82 Å². The number of nitrogens with two attached hydrogens (primary N) is 2. The summed E-state index contributed by atoms with van der Waals surface area (Å²) in [6.07, 6.45) is 6.76. The van der Waals surface area contributed by atoms with Crippen molar-refractivity contribution in [3.05, 3.63) is 48.0 Å². The van der Waals surface area contributed by atoms with Gasteiger partial charge >= 0.3 is 0 Å². The van der Waals surface area contributed by atoms with Gasteiger partial charge in [-0.15, -0.1) is 0 Å². The lowest BCUT2D eigenvalue weighted by Gasteiger charge is -2.52. The second kappa shape index (κ2) is 8.02. The van der Waals surface area contributed by atoms with E-state index in [2.05, 4.69) is 6.58 Å². The quantitative estimate of drug-likeness (QED) is 0.584. The van der Waals surface area contributed by atoms with Gasteiger partial charge in [0.25, 0.3) is 5.91 Å². The topological polar surface area (TPSA) is 127 Å². The van der Waals surface area contributed by atoms with Crippen LogP contribution in [0.25, 0.3) is 11.3 Å².